The van der Waals surface area contributed by atoms with E-state index < -0.39 is 0 Å². The maximum Gasteiger partial charge on any atom is 0.0402 e. The van der Waals surface area contributed by atoms with Crippen LogP contribution in [0.5, 0.6) is 0 Å². The van der Waals surface area contributed by atoms with Crippen LogP contribution in [0.15, 0.2) is 18.5 Å². The highest BCUT2D eigenvalue weighted by molar-refractivity contribution is 5.49. The summed E-state index contributed by atoms with van der Waals surface area (Å²) in [4.78, 5) is 6.54. The SMILES string of the molecule is Cc1cnccc1NC1CCN(C)C(C)C1. The summed E-state index contributed by atoms with van der Waals surface area (Å²) in [5, 5.41) is 3.63. The first-order chi connectivity index (χ1) is 7.66. The Morgan fingerprint density at radius 3 is 3.00 bits per heavy atom. The molecule has 1 aliphatic heterocycles. The van der Waals surface area contributed by atoms with E-state index in [9.17, 15) is 0 Å². The fourth-order valence-electron chi connectivity index (χ4n) is 2.28. The van der Waals surface area contributed by atoms with Crippen LogP contribution in [0.3, 0.4) is 0 Å². The van der Waals surface area contributed by atoms with E-state index in [0.717, 1.165) is 0 Å². The predicted molar refractivity (Wildman–Crippen MR) is 67.7 cm³/mol. The average Bonchev–Trinajstić information content (AvgIpc) is 2.27. The molecule has 2 atom stereocenters. The van der Waals surface area contributed by atoms with Crippen molar-refractivity contribution in [2.24, 2.45) is 0 Å². The predicted octanol–water partition coefficient (Wildman–Crippen LogP) is 2.28. The maximum absolute atomic E-state index is 4.12. The first-order valence-corrected chi connectivity index (χ1v) is 6.04. The average molecular weight is 219 g/mol. The maximum atomic E-state index is 4.12. The molecule has 0 aliphatic carbocycles. The molecule has 3 heteroatoms. The number of aryl methyl sites for hydroxylation is 1. The monoisotopic (exact) mass is 219 g/mol. The molecule has 1 fully saturated rings. The largest absolute Gasteiger partial charge is 0.382 e. The van der Waals surface area contributed by atoms with Gasteiger partial charge in [-0.2, -0.15) is 0 Å². The minimum absolute atomic E-state index is 0.604. The van der Waals surface area contributed by atoms with Crippen LogP contribution in [-0.4, -0.2) is 35.6 Å². The number of likely N-dealkylation sites (tertiary alicyclic amines) is 1. The summed E-state index contributed by atoms with van der Waals surface area (Å²) in [6, 6.07) is 3.35. The van der Waals surface area contributed by atoms with E-state index in [1.165, 1.54) is 30.6 Å². The molecule has 16 heavy (non-hydrogen) atoms. The van der Waals surface area contributed by atoms with E-state index >= 15 is 0 Å². The molecule has 0 amide bonds. The minimum atomic E-state index is 0.604. The molecule has 0 spiro atoms. The Labute approximate surface area is 97.9 Å². The second kappa shape index (κ2) is 4.83. The van der Waals surface area contributed by atoms with Crippen LogP contribution >= 0.6 is 0 Å². The van der Waals surface area contributed by atoms with Crippen LogP contribution in [0.2, 0.25) is 0 Å². The zero-order valence-corrected chi connectivity index (χ0v) is 10.4. The topological polar surface area (TPSA) is 28.2 Å². The van der Waals surface area contributed by atoms with Crippen molar-refractivity contribution in [1.29, 1.82) is 0 Å². The Morgan fingerprint density at radius 2 is 2.31 bits per heavy atom. The molecule has 3 nitrogen and oxygen atoms in total. The zero-order valence-electron chi connectivity index (χ0n) is 10.4. The number of pyridine rings is 1. The zero-order chi connectivity index (χ0) is 11.5. The molecule has 0 radical (unpaired) electrons. The van der Waals surface area contributed by atoms with Crippen molar-refractivity contribution in [3.63, 3.8) is 0 Å². The summed E-state index contributed by atoms with van der Waals surface area (Å²) in [5.74, 6) is 0. The van der Waals surface area contributed by atoms with Crippen molar-refractivity contribution >= 4 is 5.69 Å². The fourth-order valence-corrected chi connectivity index (χ4v) is 2.28. The van der Waals surface area contributed by atoms with E-state index in [2.05, 4.69) is 42.2 Å². The third-order valence-electron chi connectivity index (χ3n) is 3.59. The van der Waals surface area contributed by atoms with Gasteiger partial charge in [0.15, 0.2) is 0 Å². The Kier molecular flexibility index (Phi) is 3.44. The van der Waals surface area contributed by atoms with Crippen molar-refractivity contribution < 1.29 is 0 Å². The quantitative estimate of drug-likeness (QED) is 0.827. The third-order valence-corrected chi connectivity index (χ3v) is 3.59. The number of aromatic nitrogens is 1. The van der Waals surface area contributed by atoms with Gasteiger partial charge in [0.25, 0.3) is 0 Å². The summed E-state index contributed by atoms with van der Waals surface area (Å²) < 4.78 is 0. The van der Waals surface area contributed by atoms with Crippen LogP contribution in [-0.2, 0) is 0 Å². The second-order valence-corrected chi connectivity index (χ2v) is 4.89. The molecule has 0 bridgehead atoms. The van der Waals surface area contributed by atoms with Crippen LogP contribution in [0, 0.1) is 6.92 Å². The lowest BCUT2D eigenvalue weighted by atomic mass is 9.98. The molecule has 1 aliphatic rings. The number of anilines is 1. The van der Waals surface area contributed by atoms with E-state index in [1.807, 2.05) is 12.4 Å². The van der Waals surface area contributed by atoms with Gasteiger partial charge in [0.2, 0.25) is 0 Å². The van der Waals surface area contributed by atoms with Crippen molar-refractivity contribution in [3.8, 4) is 0 Å². The van der Waals surface area contributed by atoms with Crippen molar-refractivity contribution in [3.05, 3.63) is 24.0 Å². The normalized spacial score (nSPS) is 26.7. The van der Waals surface area contributed by atoms with Gasteiger partial charge in [-0.25, -0.2) is 0 Å². The molecule has 1 N–H and O–H groups in total. The highest BCUT2D eigenvalue weighted by Crippen LogP contribution is 2.21. The molecular weight excluding hydrogens is 198 g/mol. The molecule has 1 aromatic rings. The molecule has 88 valence electrons. The standard InChI is InChI=1S/C13H21N3/c1-10-9-14-6-4-13(10)15-12-5-7-16(3)11(2)8-12/h4,6,9,11-12H,5,7-8H2,1-3H3,(H,14,15). The number of piperidine rings is 1. The molecule has 2 rings (SSSR count). The van der Waals surface area contributed by atoms with Crippen LogP contribution < -0.4 is 5.32 Å². The Bertz CT molecular complexity index is 351. The van der Waals surface area contributed by atoms with Crippen molar-refractivity contribution in [1.82, 2.24) is 9.88 Å². The van der Waals surface area contributed by atoms with Gasteiger partial charge in [0.1, 0.15) is 0 Å². The Hall–Kier alpha value is -1.09. The third kappa shape index (κ3) is 2.53. The smallest absolute Gasteiger partial charge is 0.0402 e. The fraction of sp³-hybridized carbons (Fsp3) is 0.615. The first kappa shape index (κ1) is 11.4. The number of hydrogen-bond acceptors (Lipinski definition) is 3. The van der Waals surface area contributed by atoms with E-state index in [-0.39, 0.29) is 0 Å². The van der Waals surface area contributed by atoms with Crippen molar-refractivity contribution in [2.45, 2.75) is 38.8 Å². The van der Waals surface area contributed by atoms with E-state index in [0.29, 0.717) is 12.1 Å². The van der Waals surface area contributed by atoms with Gasteiger partial charge < -0.3 is 10.2 Å². The molecule has 0 saturated carbocycles. The minimum Gasteiger partial charge on any atom is -0.382 e. The summed E-state index contributed by atoms with van der Waals surface area (Å²) in [5.41, 5.74) is 2.46. The van der Waals surface area contributed by atoms with Gasteiger partial charge in [-0.3, -0.25) is 4.98 Å². The van der Waals surface area contributed by atoms with Gasteiger partial charge in [-0.05, 0) is 45.4 Å². The first-order valence-electron chi connectivity index (χ1n) is 6.04. The summed E-state index contributed by atoms with van der Waals surface area (Å²) in [6.07, 6.45) is 6.22. The lowest BCUT2D eigenvalue weighted by molar-refractivity contribution is 0.190. The lowest BCUT2D eigenvalue weighted by Crippen LogP contribution is -2.42. The van der Waals surface area contributed by atoms with E-state index in [1.54, 1.807) is 0 Å². The van der Waals surface area contributed by atoms with Gasteiger partial charge in [-0.15, -0.1) is 0 Å². The highest BCUT2D eigenvalue weighted by atomic mass is 15.1. The molecule has 1 aromatic heterocycles. The Balaban J connectivity index is 1.98. The number of rotatable bonds is 2. The van der Waals surface area contributed by atoms with Crippen LogP contribution in [0.4, 0.5) is 5.69 Å². The lowest BCUT2D eigenvalue weighted by Gasteiger charge is -2.36. The van der Waals surface area contributed by atoms with Gasteiger partial charge >= 0.3 is 0 Å². The summed E-state index contributed by atoms with van der Waals surface area (Å²) in [6.45, 7) is 5.59. The van der Waals surface area contributed by atoms with Crippen LogP contribution in [0.1, 0.15) is 25.3 Å². The van der Waals surface area contributed by atoms with Gasteiger partial charge in [-0.1, -0.05) is 0 Å². The molecular formula is C13H21N3. The number of nitrogens with one attached hydrogen (secondary N) is 1. The van der Waals surface area contributed by atoms with Gasteiger partial charge in [0.05, 0.1) is 0 Å². The Morgan fingerprint density at radius 1 is 1.50 bits per heavy atom. The van der Waals surface area contributed by atoms with Crippen molar-refractivity contribution in [2.75, 3.05) is 18.9 Å². The molecule has 2 heterocycles. The second-order valence-electron chi connectivity index (χ2n) is 4.89. The van der Waals surface area contributed by atoms with E-state index in [4.69, 9.17) is 0 Å². The summed E-state index contributed by atoms with van der Waals surface area (Å²) in [7, 11) is 2.21. The molecule has 1 saturated heterocycles. The number of nitrogens with zero attached hydrogens (tertiary/aromatic N) is 2. The van der Waals surface area contributed by atoms with Crippen LogP contribution in [0.25, 0.3) is 0 Å². The molecule has 0 aromatic carbocycles. The van der Waals surface area contributed by atoms with Gasteiger partial charge in [0, 0.05) is 36.7 Å². The number of hydrogen-bond donors (Lipinski definition) is 1. The summed E-state index contributed by atoms with van der Waals surface area (Å²) >= 11 is 0. The highest BCUT2D eigenvalue weighted by Gasteiger charge is 2.22. The molecule has 2 unspecified atom stereocenters.